The van der Waals surface area contributed by atoms with E-state index in [0.717, 1.165) is 16.6 Å². The molecule has 2 N–H and O–H groups in total. The monoisotopic (exact) mass is 344 g/mol. The van der Waals surface area contributed by atoms with Crippen LogP contribution in [0, 0.1) is 13.8 Å². The molecular weight excluding hydrogens is 328 g/mol. The first-order valence-electron chi connectivity index (χ1n) is 7.41. The third-order valence-electron chi connectivity index (χ3n) is 3.74. The maximum atomic E-state index is 12.1. The average molecular weight is 344 g/mol. The summed E-state index contributed by atoms with van der Waals surface area (Å²) < 4.78 is 5.25. The molecular formula is C17H16N2O4S. The SMILES string of the molecule is Cc1csc(NC(=O)CCc2c(C)c3ccc(O)cc3oc2=O)n1. The van der Waals surface area contributed by atoms with E-state index in [1.54, 1.807) is 6.07 Å². The van der Waals surface area contributed by atoms with Crippen LogP contribution >= 0.6 is 11.3 Å². The highest BCUT2D eigenvalue weighted by molar-refractivity contribution is 7.13. The number of aryl methyl sites for hydroxylation is 2. The minimum absolute atomic E-state index is 0.0379. The summed E-state index contributed by atoms with van der Waals surface area (Å²) in [5.41, 5.74) is 1.94. The number of rotatable bonds is 4. The highest BCUT2D eigenvalue weighted by Gasteiger charge is 2.14. The van der Waals surface area contributed by atoms with Gasteiger partial charge in [0.1, 0.15) is 11.3 Å². The maximum absolute atomic E-state index is 12.1. The minimum atomic E-state index is -0.483. The predicted molar refractivity (Wildman–Crippen MR) is 92.7 cm³/mol. The van der Waals surface area contributed by atoms with Gasteiger partial charge in [0.25, 0.3) is 0 Å². The molecule has 2 heterocycles. The van der Waals surface area contributed by atoms with Crippen LogP contribution in [0.25, 0.3) is 11.0 Å². The average Bonchev–Trinajstić information content (AvgIpc) is 2.91. The Labute approximate surface area is 141 Å². The van der Waals surface area contributed by atoms with Crippen LogP contribution in [-0.4, -0.2) is 16.0 Å². The van der Waals surface area contributed by atoms with Crippen LogP contribution in [-0.2, 0) is 11.2 Å². The summed E-state index contributed by atoms with van der Waals surface area (Å²) in [6.45, 7) is 3.67. The number of fused-ring (bicyclic) bond motifs is 1. The van der Waals surface area contributed by atoms with Crippen molar-refractivity contribution in [3.05, 3.63) is 50.8 Å². The van der Waals surface area contributed by atoms with Gasteiger partial charge in [-0.05, 0) is 38.0 Å². The third kappa shape index (κ3) is 3.30. The van der Waals surface area contributed by atoms with E-state index in [0.29, 0.717) is 16.3 Å². The van der Waals surface area contributed by atoms with E-state index in [1.807, 2.05) is 19.2 Å². The molecule has 0 saturated carbocycles. The van der Waals surface area contributed by atoms with Crippen LogP contribution < -0.4 is 10.9 Å². The fourth-order valence-electron chi connectivity index (χ4n) is 2.50. The quantitative estimate of drug-likeness (QED) is 0.709. The number of aromatic nitrogens is 1. The van der Waals surface area contributed by atoms with Crippen LogP contribution in [0.4, 0.5) is 5.13 Å². The van der Waals surface area contributed by atoms with Gasteiger partial charge in [0.2, 0.25) is 5.91 Å². The van der Waals surface area contributed by atoms with Crippen molar-refractivity contribution in [1.82, 2.24) is 4.98 Å². The number of hydrogen-bond acceptors (Lipinski definition) is 6. The normalized spacial score (nSPS) is 10.9. The first kappa shape index (κ1) is 16.2. The van der Waals surface area contributed by atoms with Crippen molar-refractivity contribution in [2.75, 3.05) is 5.32 Å². The van der Waals surface area contributed by atoms with Gasteiger partial charge in [0.05, 0.1) is 5.69 Å². The first-order chi connectivity index (χ1) is 11.4. The zero-order chi connectivity index (χ0) is 17.3. The van der Waals surface area contributed by atoms with Crippen LogP contribution in [0.2, 0.25) is 0 Å². The number of benzene rings is 1. The van der Waals surface area contributed by atoms with Crippen molar-refractivity contribution in [1.29, 1.82) is 0 Å². The van der Waals surface area contributed by atoms with Crippen molar-refractivity contribution in [3.63, 3.8) is 0 Å². The zero-order valence-electron chi connectivity index (χ0n) is 13.3. The fraction of sp³-hybridized carbons (Fsp3) is 0.235. The van der Waals surface area contributed by atoms with Crippen LogP contribution in [0.15, 0.2) is 32.8 Å². The van der Waals surface area contributed by atoms with Gasteiger partial charge in [0, 0.05) is 28.8 Å². The lowest BCUT2D eigenvalue weighted by molar-refractivity contribution is -0.116. The molecule has 1 amide bonds. The number of phenols is 1. The van der Waals surface area contributed by atoms with Crippen molar-refractivity contribution < 1.29 is 14.3 Å². The molecule has 124 valence electrons. The number of carbonyl (C=O) groups is 1. The van der Waals surface area contributed by atoms with Crippen molar-refractivity contribution in [3.8, 4) is 5.75 Å². The summed E-state index contributed by atoms with van der Waals surface area (Å²) in [5.74, 6) is -0.162. The Morgan fingerprint density at radius 3 is 2.88 bits per heavy atom. The van der Waals surface area contributed by atoms with Crippen molar-refractivity contribution in [2.24, 2.45) is 0 Å². The second-order valence-electron chi connectivity index (χ2n) is 5.52. The molecule has 1 aromatic carbocycles. The Morgan fingerprint density at radius 1 is 1.38 bits per heavy atom. The van der Waals surface area contributed by atoms with E-state index < -0.39 is 5.63 Å². The molecule has 0 aliphatic heterocycles. The molecule has 3 rings (SSSR count). The number of amides is 1. The van der Waals surface area contributed by atoms with Crippen LogP contribution in [0.3, 0.4) is 0 Å². The number of aromatic hydroxyl groups is 1. The Hall–Kier alpha value is -2.67. The molecule has 0 spiro atoms. The highest BCUT2D eigenvalue weighted by atomic mass is 32.1. The van der Waals surface area contributed by atoms with E-state index in [4.69, 9.17) is 4.42 Å². The molecule has 0 fully saturated rings. The lowest BCUT2D eigenvalue weighted by Crippen LogP contribution is -2.16. The predicted octanol–water partition coefficient (Wildman–Crippen LogP) is 3.14. The van der Waals surface area contributed by atoms with Crippen LogP contribution in [0.5, 0.6) is 5.75 Å². The molecule has 0 saturated heterocycles. The molecule has 0 bridgehead atoms. The van der Waals surface area contributed by atoms with E-state index >= 15 is 0 Å². The van der Waals surface area contributed by atoms with Gasteiger partial charge in [-0.3, -0.25) is 4.79 Å². The minimum Gasteiger partial charge on any atom is -0.508 e. The highest BCUT2D eigenvalue weighted by Crippen LogP contribution is 2.24. The van der Waals surface area contributed by atoms with E-state index in [2.05, 4.69) is 10.3 Å². The summed E-state index contributed by atoms with van der Waals surface area (Å²) in [6.07, 6.45) is 0.439. The lowest BCUT2D eigenvalue weighted by atomic mass is 10.0. The second kappa shape index (κ2) is 6.45. The molecule has 7 heteroatoms. The molecule has 0 atom stereocenters. The van der Waals surface area contributed by atoms with Gasteiger partial charge in [-0.2, -0.15) is 0 Å². The Balaban J connectivity index is 1.78. The number of anilines is 1. The first-order valence-corrected chi connectivity index (χ1v) is 8.29. The topological polar surface area (TPSA) is 92.4 Å². The number of nitrogens with one attached hydrogen (secondary N) is 1. The number of nitrogens with zero attached hydrogens (tertiary/aromatic N) is 1. The molecule has 6 nitrogen and oxygen atoms in total. The third-order valence-corrected chi connectivity index (χ3v) is 4.61. The van der Waals surface area contributed by atoms with E-state index in [9.17, 15) is 14.7 Å². The number of thiazole rings is 1. The molecule has 2 aromatic heterocycles. The van der Waals surface area contributed by atoms with Gasteiger partial charge in [-0.1, -0.05) is 0 Å². The maximum Gasteiger partial charge on any atom is 0.339 e. The molecule has 0 radical (unpaired) electrons. The van der Waals surface area contributed by atoms with E-state index in [-0.39, 0.29) is 24.5 Å². The smallest absolute Gasteiger partial charge is 0.339 e. The molecule has 0 unspecified atom stereocenters. The van der Waals surface area contributed by atoms with Gasteiger partial charge >= 0.3 is 5.63 Å². The number of phenolic OH excluding ortho intramolecular Hbond substituents is 1. The summed E-state index contributed by atoms with van der Waals surface area (Å²) in [6, 6.07) is 4.65. The second-order valence-corrected chi connectivity index (χ2v) is 6.37. The Bertz CT molecular complexity index is 974. The van der Waals surface area contributed by atoms with Gasteiger partial charge in [0.15, 0.2) is 5.13 Å². The fourth-order valence-corrected chi connectivity index (χ4v) is 3.21. The summed E-state index contributed by atoms with van der Waals surface area (Å²) in [7, 11) is 0. The van der Waals surface area contributed by atoms with Crippen LogP contribution in [0.1, 0.15) is 23.2 Å². The molecule has 0 aliphatic rings. The van der Waals surface area contributed by atoms with Gasteiger partial charge in [-0.15, -0.1) is 11.3 Å². The molecule has 24 heavy (non-hydrogen) atoms. The number of carbonyl (C=O) groups excluding carboxylic acids is 1. The molecule has 3 aromatic rings. The van der Waals surface area contributed by atoms with E-state index in [1.165, 1.54) is 23.5 Å². The Morgan fingerprint density at radius 2 is 2.17 bits per heavy atom. The van der Waals surface area contributed by atoms with Gasteiger partial charge in [-0.25, -0.2) is 9.78 Å². The standard InChI is InChI=1S/C17H16N2O4S/c1-9-8-24-17(18-9)19-15(21)6-5-13-10(2)12-4-3-11(20)7-14(12)23-16(13)22/h3-4,7-8,20H,5-6H2,1-2H3,(H,18,19,21). The van der Waals surface area contributed by atoms with Crippen molar-refractivity contribution >= 4 is 33.3 Å². The number of hydrogen-bond donors (Lipinski definition) is 2. The summed E-state index contributed by atoms with van der Waals surface area (Å²) in [4.78, 5) is 28.3. The summed E-state index contributed by atoms with van der Waals surface area (Å²) >= 11 is 1.36. The Kier molecular flexibility index (Phi) is 4.35. The zero-order valence-corrected chi connectivity index (χ0v) is 14.1. The summed E-state index contributed by atoms with van der Waals surface area (Å²) in [5, 5.41) is 15.4. The lowest BCUT2D eigenvalue weighted by Gasteiger charge is -2.08. The van der Waals surface area contributed by atoms with Crippen molar-refractivity contribution in [2.45, 2.75) is 26.7 Å². The molecule has 0 aliphatic carbocycles. The largest absolute Gasteiger partial charge is 0.508 e. The van der Waals surface area contributed by atoms with Gasteiger partial charge < -0.3 is 14.8 Å².